The van der Waals surface area contributed by atoms with Crippen molar-refractivity contribution in [2.75, 3.05) is 19.3 Å². The highest BCUT2D eigenvalue weighted by molar-refractivity contribution is 7.99. The van der Waals surface area contributed by atoms with Gasteiger partial charge >= 0.3 is 0 Å². The van der Waals surface area contributed by atoms with Crippen LogP contribution in [0.5, 0.6) is 0 Å². The fourth-order valence-electron chi connectivity index (χ4n) is 1.78. The number of carbonyl (C=O) groups is 1. The molecule has 0 saturated carbocycles. The highest BCUT2D eigenvalue weighted by Crippen LogP contribution is 2.20. The van der Waals surface area contributed by atoms with Crippen molar-refractivity contribution in [1.29, 1.82) is 0 Å². The number of hydrogen-bond donors (Lipinski definition) is 1. The van der Waals surface area contributed by atoms with E-state index in [9.17, 15) is 4.79 Å². The molecule has 0 aliphatic carbocycles. The maximum absolute atomic E-state index is 11.7. The number of nitrogens with zero attached hydrogens (tertiary/aromatic N) is 1. The highest BCUT2D eigenvalue weighted by Gasteiger charge is 2.22. The molecule has 4 heteroatoms. The molecule has 2 unspecified atom stereocenters. The van der Waals surface area contributed by atoms with Crippen molar-refractivity contribution in [2.45, 2.75) is 37.5 Å². The van der Waals surface area contributed by atoms with Crippen LogP contribution in [0.15, 0.2) is 0 Å². The van der Waals surface area contributed by atoms with E-state index in [-0.39, 0.29) is 11.9 Å². The van der Waals surface area contributed by atoms with Gasteiger partial charge in [-0.05, 0) is 26.0 Å². The number of hydrogen-bond acceptors (Lipinski definition) is 3. The minimum absolute atomic E-state index is 0.103. The van der Waals surface area contributed by atoms with Gasteiger partial charge in [0.1, 0.15) is 0 Å². The van der Waals surface area contributed by atoms with Crippen LogP contribution in [0.3, 0.4) is 0 Å². The third-order valence-electron chi connectivity index (χ3n) is 2.66. The largest absolute Gasteiger partial charge is 0.340 e. The van der Waals surface area contributed by atoms with Gasteiger partial charge in [-0.15, -0.1) is 0 Å². The Morgan fingerprint density at radius 1 is 1.57 bits per heavy atom. The van der Waals surface area contributed by atoms with Crippen LogP contribution in [0, 0.1) is 0 Å². The van der Waals surface area contributed by atoms with E-state index < -0.39 is 0 Å². The lowest BCUT2D eigenvalue weighted by atomic mass is 10.2. The minimum Gasteiger partial charge on any atom is -0.340 e. The number of thioether (sulfide) groups is 1. The van der Waals surface area contributed by atoms with Crippen LogP contribution < -0.4 is 5.73 Å². The van der Waals surface area contributed by atoms with E-state index in [2.05, 4.69) is 6.26 Å². The molecule has 1 amide bonds. The monoisotopic (exact) mass is 216 g/mol. The van der Waals surface area contributed by atoms with Gasteiger partial charge in [-0.2, -0.15) is 11.8 Å². The lowest BCUT2D eigenvalue weighted by Crippen LogP contribution is -2.44. The second-order valence-corrected chi connectivity index (χ2v) is 5.06. The zero-order valence-electron chi connectivity index (χ0n) is 9.03. The molecule has 1 rings (SSSR count). The third-order valence-corrected chi connectivity index (χ3v) is 3.71. The number of carbonyl (C=O) groups excluding carboxylic acids is 1. The number of amides is 1. The molecule has 1 saturated heterocycles. The summed E-state index contributed by atoms with van der Waals surface area (Å²) in [6.07, 6.45) is 5.69. The van der Waals surface area contributed by atoms with Crippen molar-refractivity contribution in [3.8, 4) is 0 Å². The van der Waals surface area contributed by atoms with Gasteiger partial charge in [0.25, 0.3) is 0 Å². The molecular formula is C10H20N2OS. The molecule has 0 radical (unpaired) electrons. The van der Waals surface area contributed by atoms with Gasteiger partial charge in [-0.1, -0.05) is 6.42 Å². The van der Waals surface area contributed by atoms with Gasteiger partial charge in [-0.3, -0.25) is 4.79 Å². The van der Waals surface area contributed by atoms with Crippen molar-refractivity contribution in [3.05, 3.63) is 0 Å². The summed E-state index contributed by atoms with van der Waals surface area (Å²) in [5.74, 6) is 0.103. The first-order valence-corrected chi connectivity index (χ1v) is 6.51. The highest BCUT2D eigenvalue weighted by atomic mass is 32.2. The molecule has 1 heterocycles. The second-order valence-electron chi connectivity index (χ2n) is 3.93. The zero-order chi connectivity index (χ0) is 10.6. The van der Waals surface area contributed by atoms with Crippen LogP contribution in [0.4, 0.5) is 0 Å². The summed E-state index contributed by atoms with van der Waals surface area (Å²) < 4.78 is 0. The Morgan fingerprint density at radius 2 is 2.29 bits per heavy atom. The number of nitrogens with two attached hydrogens (primary N) is 1. The fraction of sp³-hybridized carbons (Fsp3) is 0.900. The van der Waals surface area contributed by atoms with Crippen molar-refractivity contribution < 1.29 is 4.79 Å². The summed E-state index contributed by atoms with van der Waals surface area (Å²) in [7, 11) is 0. The molecule has 0 aromatic rings. The van der Waals surface area contributed by atoms with Crippen molar-refractivity contribution >= 4 is 17.7 Å². The summed E-state index contributed by atoms with van der Waals surface area (Å²) in [6.45, 7) is 3.53. The molecule has 2 atom stereocenters. The summed E-state index contributed by atoms with van der Waals surface area (Å²) in [5.41, 5.74) is 5.61. The molecule has 3 nitrogen and oxygen atoms in total. The summed E-state index contributed by atoms with van der Waals surface area (Å²) >= 11 is 1.86. The van der Waals surface area contributed by atoms with E-state index in [1.54, 1.807) is 6.92 Å². The molecule has 2 N–H and O–H groups in total. The maximum atomic E-state index is 11.7. The number of likely N-dealkylation sites (tertiary alicyclic amines) is 1. The smallest absolute Gasteiger partial charge is 0.239 e. The normalized spacial score (nSPS) is 25.6. The Labute approximate surface area is 90.4 Å². The maximum Gasteiger partial charge on any atom is 0.239 e. The van der Waals surface area contributed by atoms with E-state index in [0.29, 0.717) is 5.25 Å². The lowest BCUT2D eigenvalue weighted by Gasteiger charge is -2.25. The topological polar surface area (TPSA) is 46.3 Å². The van der Waals surface area contributed by atoms with Crippen LogP contribution in [-0.4, -0.2) is 41.4 Å². The van der Waals surface area contributed by atoms with Gasteiger partial charge in [0.15, 0.2) is 0 Å². The predicted molar refractivity (Wildman–Crippen MR) is 61.4 cm³/mol. The summed E-state index contributed by atoms with van der Waals surface area (Å²) in [5, 5.41) is 0.597. The van der Waals surface area contributed by atoms with Crippen LogP contribution in [0.2, 0.25) is 0 Å². The van der Waals surface area contributed by atoms with Gasteiger partial charge in [-0.25, -0.2) is 0 Å². The molecule has 0 aromatic carbocycles. The standard InChI is InChI=1S/C10H20N2OS/c1-8(11)10(13)12-6-4-3-5-9(7-12)14-2/h8-9H,3-7,11H2,1-2H3. The van der Waals surface area contributed by atoms with Crippen LogP contribution in [0.1, 0.15) is 26.2 Å². The number of rotatable bonds is 2. The third kappa shape index (κ3) is 3.17. The fourth-order valence-corrected chi connectivity index (χ4v) is 2.51. The van der Waals surface area contributed by atoms with E-state index in [1.165, 1.54) is 12.8 Å². The molecular weight excluding hydrogens is 196 g/mol. The molecule has 1 aliphatic rings. The molecule has 1 fully saturated rings. The molecule has 1 aliphatic heterocycles. The quantitative estimate of drug-likeness (QED) is 0.751. The van der Waals surface area contributed by atoms with E-state index in [4.69, 9.17) is 5.73 Å². The first-order chi connectivity index (χ1) is 6.65. The Hall–Kier alpha value is -0.220. The van der Waals surface area contributed by atoms with Crippen molar-refractivity contribution in [2.24, 2.45) is 5.73 Å². The summed E-state index contributed by atoms with van der Waals surface area (Å²) in [6, 6.07) is -0.351. The van der Waals surface area contributed by atoms with Gasteiger partial charge in [0, 0.05) is 18.3 Å². The first kappa shape index (κ1) is 11.9. The second kappa shape index (κ2) is 5.61. The molecule has 14 heavy (non-hydrogen) atoms. The Morgan fingerprint density at radius 3 is 2.86 bits per heavy atom. The average Bonchev–Trinajstić information content (AvgIpc) is 2.41. The molecule has 0 bridgehead atoms. The van der Waals surface area contributed by atoms with E-state index in [1.807, 2.05) is 16.7 Å². The van der Waals surface area contributed by atoms with Crippen LogP contribution in [0.25, 0.3) is 0 Å². The van der Waals surface area contributed by atoms with Crippen LogP contribution >= 0.6 is 11.8 Å². The average molecular weight is 216 g/mol. The molecule has 0 spiro atoms. The van der Waals surface area contributed by atoms with Gasteiger partial charge in [0.2, 0.25) is 5.91 Å². The Bertz CT molecular complexity index is 197. The van der Waals surface area contributed by atoms with Crippen LogP contribution in [-0.2, 0) is 4.79 Å². The lowest BCUT2D eigenvalue weighted by molar-refractivity contribution is -0.132. The van der Waals surface area contributed by atoms with E-state index in [0.717, 1.165) is 19.5 Å². The predicted octanol–water partition coefficient (Wildman–Crippen LogP) is 1.08. The minimum atomic E-state index is -0.351. The zero-order valence-corrected chi connectivity index (χ0v) is 9.85. The van der Waals surface area contributed by atoms with Crippen molar-refractivity contribution in [1.82, 2.24) is 4.90 Å². The SMILES string of the molecule is CSC1CCCCN(C(=O)C(C)N)C1. The van der Waals surface area contributed by atoms with E-state index >= 15 is 0 Å². The van der Waals surface area contributed by atoms with Crippen molar-refractivity contribution in [3.63, 3.8) is 0 Å². The van der Waals surface area contributed by atoms with Gasteiger partial charge in [0.05, 0.1) is 6.04 Å². The molecule has 82 valence electrons. The molecule has 0 aromatic heterocycles. The first-order valence-electron chi connectivity index (χ1n) is 5.22. The summed E-state index contributed by atoms with van der Waals surface area (Å²) in [4.78, 5) is 13.6. The Balaban J connectivity index is 2.54. The van der Waals surface area contributed by atoms with Gasteiger partial charge < -0.3 is 10.6 Å². The Kier molecular flexibility index (Phi) is 4.75.